The molecule has 2 heterocycles. The van der Waals surface area contributed by atoms with Crippen LogP contribution >= 0.6 is 46.9 Å². The Hall–Kier alpha value is -0.930. The summed E-state index contributed by atoms with van der Waals surface area (Å²) < 4.78 is 0. The van der Waals surface area contributed by atoms with Gasteiger partial charge in [-0.15, -0.1) is 35.3 Å². The van der Waals surface area contributed by atoms with Gasteiger partial charge in [0.25, 0.3) is 0 Å². The predicted octanol–water partition coefficient (Wildman–Crippen LogP) is 3.68. The van der Waals surface area contributed by atoms with E-state index in [1.807, 2.05) is 26.8 Å². The van der Waals surface area contributed by atoms with Crippen molar-refractivity contribution in [3.05, 3.63) is 44.6 Å². The summed E-state index contributed by atoms with van der Waals surface area (Å²) in [5.74, 6) is 0.780. The Morgan fingerprint density at radius 3 is 2.65 bits per heavy atom. The van der Waals surface area contributed by atoms with Crippen molar-refractivity contribution in [1.29, 1.82) is 0 Å². The Balaban J connectivity index is 0.00000264. The van der Waals surface area contributed by atoms with Crippen LogP contribution in [0.5, 0.6) is 0 Å². The summed E-state index contributed by atoms with van der Waals surface area (Å²) in [6.07, 6.45) is 1.74. The number of hydrogen-bond donors (Lipinski definition) is 2. The van der Waals surface area contributed by atoms with Crippen LogP contribution in [0.25, 0.3) is 0 Å². The summed E-state index contributed by atoms with van der Waals surface area (Å²) in [6.45, 7) is 8.19. The monoisotopic (exact) mass is 465 g/mol. The summed E-state index contributed by atoms with van der Waals surface area (Å²) in [5.41, 5.74) is 2.10. The molecule has 5 nitrogen and oxygen atoms in total. The lowest BCUT2D eigenvalue weighted by atomic mass is 10.3. The van der Waals surface area contributed by atoms with Crippen LogP contribution in [0.2, 0.25) is 5.15 Å². The molecule has 0 aliphatic carbocycles. The number of aryl methyl sites for hydroxylation is 2. The number of pyridine rings is 1. The summed E-state index contributed by atoms with van der Waals surface area (Å²) in [4.78, 5) is 14.3. The van der Waals surface area contributed by atoms with Crippen LogP contribution in [0.15, 0.2) is 23.3 Å². The van der Waals surface area contributed by atoms with E-state index in [1.165, 1.54) is 4.88 Å². The number of rotatable bonds is 5. The lowest BCUT2D eigenvalue weighted by Crippen LogP contribution is -2.36. The van der Waals surface area contributed by atoms with E-state index in [2.05, 4.69) is 25.6 Å². The van der Waals surface area contributed by atoms with Gasteiger partial charge in [0.15, 0.2) is 5.96 Å². The topological polar surface area (TPSA) is 62.2 Å². The van der Waals surface area contributed by atoms with E-state index in [-0.39, 0.29) is 24.0 Å². The van der Waals surface area contributed by atoms with Gasteiger partial charge in [-0.25, -0.2) is 15.0 Å². The van der Waals surface area contributed by atoms with Crippen LogP contribution in [-0.4, -0.2) is 22.5 Å². The largest absolute Gasteiger partial charge is 0.357 e. The number of aromatic nitrogens is 2. The SMILES string of the molecule is CCNC(=NCc1ccc(Cl)nc1)NCc1sc(C)nc1C.I. The summed E-state index contributed by atoms with van der Waals surface area (Å²) >= 11 is 7.49. The molecule has 0 saturated heterocycles. The van der Waals surface area contributed by atoms with Crippen LogP contribution in [0.1, 0.15) is 28.1 Å². The molecule has 2 aromatic heterocycles. The fourth-order valence-corrected chi connectivity index (χ4v) is 2.90. The third-order valence-electron chi connectivity index (χ3n) is 2.97. The molecule has 2 rings (SSSR count). The van der Waals surface area contributed by atoms with Gasteiger partial charge in [-0.3, -0.25) is 0 Å². The van der Waals surface area contributed by atoms with Crippen molar-refractivity contribution in [3.8, 4) is 0 Å². The molecule has 0 fully saturated rings. The molecule has 126 valence electrons. The van der Waals surface area contributed by atoms with Crippen molar-refractivity contribution >= 4 is 52.9 Å². The number of aliphatic imine (C=N–C) groups is 1. The fraction of sp³-hybridized carbons (Fsp3) is 0.400. The average Bonchev–Trinajstić information content (AvgIpc) is 2.81. The van der Waals surface area contributed by atoms with Crippen molar-refractivity contribution in [2.45, 2.75) is 33.9 Å². The minimum Gasteiger partial charge on any atom is -0.357 e. The third kappa shape index (κ3) is 6.60. The molecule has 0 radical (unpaired) electrons. The molecule has 0 aliphatic heterocycles. The first-order chi connectivity index (χ1) is 10.6. The van der Waals surface area contributed by atoms with E-state index in [1.54, 1.807) is 23.6 Å². The van der Waals surface area contributed by atoms with Gasteiger partial charge in [0.05, 0.1) is 23.8 Å². The minimum atomic E-state index is 0. The van der Waals surface area contributed by atoms with Crippen LogP contribution in [0.4, 0.5) is 0 Å². The first kappa shape index (κ1) is 20.1. The molecule has 0 amide bonds. The quantitative estimate of drug-likeness (QED) is 0.306. The van der Waals surface area contributed by atoms with E-state index in [0.717, 1.165) is 35.3 Å². The zero-order chi connectivity index (χ0) is 15.9. The maximum Gasteiger partial charge on any atom is 0.191 e. The molecule has 0 aliphatic rings. The highest BCUT2D eigenvalue weighted by Gasteiger charge is 2.05. The smallest absolute Gasteiger partial charge is 0.191 e. The van der Waals surface area contributed by atoms with E-state index < -0.39 is 0 Å². The van der Waals surface area contributed by atoms with Crippen molar-refractivity contribution in [1.82, 2.24) is 20.6 Å². The molecule has 0 unspecified atom stereocenters. The standard InChI is InChI=1S/C15H20ClN5S.HI/c1-4-17-15(19-8-12-5-6-14(16)18-7-12)20-9-13-10(2)21-11(3)22-13;/h5-7H,4,8-9H2,1-3H3,(H2,17,19,20);1H. The molecular weight excluding hydrogens is 445 g/mol. The number of thiazole rings is 1. The number of halogens is 2. The highest BCUT2D eigenvalue weighted by atomic mass is 127. The molecule has 8 heteroatoms. The summed E-state index contributed by atoms with van der Waals surface area (Å²) in [6, 6.07) is 3.70. The molecular formula is C15H21ClIN5S. The Labute approximate surface area is 163 Å². The zero-order valence-corrected chi connectivity index (χ0v) is 17.3. The van der Waals surface area contributed by atoms with Crippen molar-refractivity contribution in [2.24, 2.45) is 4.99 Å². The van der Waals surface area contributed by atoms with Gasteiger partial charge in [0.2, 0.25) is 0 Å². The molecule has 0 bridgehead atoms. The number of nitrogens with one attached hydrogen (secondary N) is 2. The van der Waals surface area contributed by atoms with Gasteiger partial charge in [0, 0.05) is 17.6 Å². The van der Waals surface area contributed by atoms with E-state index in [9.17, 15) is 0 Å². The van der Waals surface area contributed by atoms with Crippen LogP contribution < -0.4 is 10.6 Å². The molecule has 23 heavy (non-hydrogen) atoms. The van der Waals surface area contributed by atoms with Gasteiger partial charge in [-0.2, -0.15) is 0 Å². The average molecular weight is 466 g/mol. The Morgan fingerprint density at radius 1 is 1.30 bits per heavy atom. The maximum absolute atomic E-state index is 5.78. The third-order valence-corrected chi connectivity index (χ3v) is 4.27. The molecule has 0 atom stereocenters. The van der Waals surface area contributed by atoms with Crippen LogP contribution in [0, 0.1) is 13.8 Å². The highest BCUT2D eigenvalue weighted by molar-refractivity contribution is 14.0. The second-order valence-corrected chi connectivity index (χ2v) is 6.45. The van der Waals surface area contributed by atoms with Gasteiger partial charge < -0.3 is 10.6 Å². The van der Waals surface area contributed by atoms with E-state index in [0.29, 0.717) is 11.7 Å². The molecule has 2 N–H and O–H groups in total. The minimum absolute atomic E-state index is 0. The Bertz CT molecular complexity index is 642. The van der Waals surface area contributed by atoms with Gasteiger partial charge in [0.1, 0.15) is 5.15 Å². The normalized spacial score (nSPS) is 11.0. The zero-order valence-electron chi connectivity index (χ0n) is 13.4. The number of hydrogen-bond acceptors (Lipinski definition) is 4. The predicted molar refractivity (Wildman–Crippen MR) is 108 cm³/mol. The van der Waals surface area contributed by atoms with E-state index in [4.69, 9.17) is 11.6 Å². The van der Waals surface area contributed by atoms with Crippen molar-refractivity contribution < 1.29 is 0 Å². The Morgan fingerprint density at radius 2 is 2.09 bits per heavy atom. The lowest BCUT2D eigenvalue weighted by molar-refractivity contribution is 0.818. The molecule has 2 aromatic rings. The first-order valence-electron chi connectivity index (χ1n) is 7.14. The second kappa shape index (κ2) is 10.0. The summed E-state index contributed by atoms with van der Waals surface area (Å²) in [5, 5.41) is 8.15. The molecule has 0 saturated carbocycles. The van der Waals surface area contributed by atoms with E-state index >= 15 is 0 Å². The van der Waals surface area contributed by atoms with Gasteiger partial charge in [-0.05, 0) is 32.4 Å². The van der Waals surface area contributed by atoms with Crippen LogP contribution in [0.3, 0.4) is 0 Å². The second-order valence-electron chi connectivity index (χ2n) is 4.78. The van der Waals surface area contributed by atoms with Gasteiger partial charge >= 0.3 is 0 Å². The van der Waals surface area contributed by atoms with Crippen molar-refractivity contribution in [3.63, 3.8) is 0 Å². The van der Waals surface area contributed by atoms with Gasteiger partial charge in [-0.1, -0.05) is 17.7 Å². The summed E-state index contributed by atoms with van der Waals surface area (Å²) in [7, 11) is 0. The number of guanidine groups is 1. The van der Waals surface area contributed by atoms with Crippen molar-refractivity contribution in [2.75, 3.05) is 6.54 Å². The number of nitrogens with zero attached hydrogens (tertiary/aromatic N) is 3. The maximum atomic E-state index is 5.78. The molecule has 0 spiro atoms. The fourth-order valence-electron chi connectivity index (χ4n) is 1.91. The first-order valence-corrected chi connectivity index (χ1v) is 8.33. The Kier molecular flexibility index (Phi) is 8.78. The highest BCUT2D eigenvalue weighted by Crippen LogP contribution is 2.16. The lowest BCUT2D eigenvalue weighted by Gasteiger charge is -2.10. The molecule has 0 aromatic carbocycles. The van der Waals surface area contributed by atoms with Crippen LogP contribution in [-0.2, 0) is 13.1 Å².